The molecule has 0 radical (unpaired) electrons. The molecule has 2 heteroatoms. The molecule has 0 atom stereocenters. The van der Waals surface area contributed by atoms with Crippen LogP contribution in [0.15, 0.2) is 54.6 Å². The van der Waals surface area contributed by atoms with Crippen molar-refractivity contribution >= 4 is 5.69 Å². The van der Waals surface area contributed by atoms with Crippen molar-refractivity contribution in [1.29, 1.82) is 0 Å². The third-order valence-corrected chi connectivity index (χ3v) is 1.60. The topological polar surface area (TPSA) is 12.0 Å². The molecular weight excluding hydrogens is 214 g/mol. The van der Waals surface area contributed by atoms with E-state index in [-0.39, 0.29) is 17.1 Å². The molecule has 82 valence electrons. The predicted octanol–water partition coefficient (Wildman–Crippen LogP) is 3.24. The zero-order valence-corrected chi connectivity index (χ0v) is 9.36. The maximum atomic E-state index is 3.19. The molecule has 0 aromatic heterocycles. The summed E-state index contributed by atoms with van der Waals surface area (Å²) >= 11 is 0. The predicted molar refractivity (Wildman–Crippen MR) is 58.2 cm³/mol. The minimum Gasteiger partial charge on any atom is -0.748 e. The van der Waals surface area contributed by atoms with E-state index < -0.39 is 0 Å². The van der Waals surface area contributed by atoms with Gasteiger partial charge in [-0.25, -0.2) is 12.1 Å². The van der Waals surface area contributed by atoms with E-state index in [0.717, 1.165) is 6.54 Å². The molecule has 1 nitrogen and oxygen atoms in total. The molecule has 2 aromatic rings. The minimum absolute atomic E-state index is 0. The van der Waals surface area contributed by atoms with Crippen LogP contribution in [0.2, 0.25) is 0 Å². The molecule has 2 aromatic carbocycles. The van der Waals surface area contributed by atoms with Crippen LogP contribution < -0.4 is 5.32 Å². The molecule has 0 aliphatic carbocycles. The fraction of sp³-hybridized carbons (Fsp3) is 0.167. The van der Waals surface area contributed by atoms with Crippen LogP contribution >= 0.6 is 0 Å². The molecule has 0 spiro atoms. The van der Waals surface area contributed by atoms with Gasteiger partial charge >= 0.3 is 0 Å². The van der Waals surface area contributed by atoms with Crippen molar-refractivity contribution < 1.29 is 17.1 Å². The zero-order chi connectivity index (χ0) is 9.36. The van der Waals surface area contributed by atoms with Gasteiger partial charge in [-0.05, 0) is 6.92 Å². The van der Waals surface area contributed by atoms with Crippen molar-refractivity contribution in [3.8, 4) is 0 Å². The Labute approximate surface area is 96.3 Å². The zero-order valence-electron chi connectivity index (χ0n) is 8.26. The second-order valence-corrected chi connectivity index (χ2v) is 2.67. The molecule has 0 saturated carbocycles. The Morgan fingerprint density at radius 3 is 1.79 bits per heavy atom. The number of hydrogen-bond acceptors (Lipinski definition) is 1. The van der Waals surface area contributed by atoms with Crippen LogP contribution in [0.3, 0.4) is 0 Å². The molecule has 0 aliphatic rings. The number of anilines is 1. The van der Waals surface area contributed by atoms with Crippen LogP contribution in [0.4, 0.5) is 5.69 Å². The average Bonchev–Trinajstić information content (AvgIpc) is 2.79. The summed E-state index contributed by atoms with van der Waals surface area (Å²) in [5, 5.41) is 3.19. The molecule has 0 saturated heterocycles. The second kappa shape index (κ2) is 8.61. The first-order valence-electron chi connectivity index (χ1n) is 4.55. The SMILES string of the molecule is CCN[c-]1cccc1.[Fe].[cH-]1[cH-][cH-][cH-][cH-]1. The van der Waals surface area contributed by atoms with Crippen LogP contribution in [-0.4, -0.2) is 6.54 Å². The van der Waals surface area contributed by atoms with Crippen LogP contribution in [-0.2, 0) is 17.1 Å². The van der Waals surface area contributed by atoms with Crippen molar-refractivity contribution in [3.63, 3.8) is 0 Å². The van der Waals surface area contributed by atoms with E-state index >= 15 is 0 Å². The summed E-state index contributed by atoms with van der Waals surface area (Å²) in [5.41, 5.74) is 1.22. The van der Waals surface area contributed by atoms with Gasteiger partial charge in [0.2, 0.25) is 0 Å². The van der Waals surface area contributed by atoms with Gasteiger partial charge in [-0.3, -0.25) is 0 Å². The molecule has 0 fully saturated rings. The number of hydrogen-bond donors (Lipinski definition) is 1. The molecule has 0 bridgehead atoms. The van der Waals surface area contributed by atoms with Gasteiger partial charge in [0.1, 0.15) is 0 Å². The van der Waals surface area contributed by atoms with E-state index in [2.05, 4.69) is 24.4 Å². The molecule has 14 heavy (non-hydrogen) atoms. The third kappa shape index (κ3) is 5.63. The molecule has 1 N–H and O–H groups in total. The van der Waals surface area contributed by atoms with Crippen LogP contribution in [0.1, 0.15) is 6.92 Å². The monoisotopic (exact) mass is 229 g/mol. The van der Waals surface area contributed by atoms with E-state index in [4.69, 9.17) is 0 Å². The van der Waals surface area contributed by atoms with Gasteiger partial charge in [0.05, 0.1) is 0 Å². The summed E-state index contributed by atoms with van der Waals surface area (Å²) in [7, 11) is 0. The van der Waals surface area contributed by atoms with E-state index in [1.807, 2.05) is 42.5 Å². The fourth-order valence-electron chi connectivity index (χ4n) is 1.02. The minimum atomic E-state index is 0. The van der Waals surface area contributed by atoms with E-state index in [1.54, 1.807) is 0 Å². The number of nitrogens with one attached hydrogen (secondary N) is 1. The summed E-state index contributed by atoms with van der Waals surface area (Å²) in [6, 6.07) is 18.2. The third-order valence-electron chi connectivity index (χ3n) is 1.60. The summed E-state index contributed by atoms with van der Waals surface area (Å²) in [6.45, 7) is 3.09. The van der Waals surface area contributed by atoms with Crippen LogP contribution in [0.25, 0.3) is 0 Å². The van der Waals surface area contributed by atoms with E-state index in [9.17, 15) is 0 Å². The standard InChI is InChI=1S/C7H10N.C5H5.Fe/c1-2-8-7-5-3-4-6-7;1-2-4-5-3-1;/h3-6,8H,2H2,1H3;1-5H;/q-1;-5;. The molecule has 0 heterocycles. The van der Waals surface area contributed by atoms with Crippen molar-refractivity contribution in [2.45, 2.75) is 6.92 Å². The first kappa shape index (κ1) is 13.0. The fourth-order valence-corrected chi connectivity index (χ4v) is 1.02. The molecule has 0 unspecified atom stereocenters. The Morgan fingerprint density at radius 1 is 1.00 bits per heavy atom. The first-order valence-corrected chi connectivity index (χ1v) is 4.55. The average molecular weight is 229 g/mol. The van der Waals surface area contributed by atoms with E-state index in [1.165, 1.54) is 5.69 Å². The smallest absolute Gasteiger partial charge is 0.000440 e. The largest absolute Gasteiger partial charge is 0.748 e. The van der Waals surface area contributed by atoms with Gasteiger partial charge in [0.25, 0.3) is 0 Å². The van der Waals surface area contributed by atoms with Gasteiger partial charge in [-0.2, -0.15) is 12.1 Å². The van der Waals surface area contributed by atoms with Gasteiger partial charge in [0.15, 0.2) is 0 Å². The summed E-state index contributed by atoms with van der Waals surface area (Å²) < 4.78 is 0. The van der Waals surface area contributed by atoms with Gasteiger partial charge < -0.3 is 35.6 Å². The Bertz CT molecular complexity index is 254. The van der Waals surface area contributed by atoms with Crippen LogP contribution in [0.5, 0.6) is 0 Å². The first-order chi connectivity index (χ1) is 6.43. The summed E-state index contributed by atoms with van der Waals surface area (Å²) in [4.78, 5) is 0. The quantitative estimate of drug-likeness (QED) is 0.615. The molecule has 2 rings (SSSR count). The molecular formula is C12H15FeN-6. The maximum absolute atomic E-state index is 3.19. The Morgan fingerprint density at radius 2 is 1.43 bits per heavy atom. The van der Waals surface area contributed by atoms with Crippen molar-refractivity contribution in [3.05, 3.63) is 54.6 Å². The molecule has 0 amide bonds. The summed E-state index contributed by atoms with van der Waals surface area (Å²) in [6.07, 6.45) is 0. The van der Waals surface area contributed by atoms with Crippen molar-refractivity contribution in [2.24, 2.45) is 0 Å². The van der Waals surface area contributed by atoms with Gasteiger partial charge in [-0.15, -0.1) is 0 Å². The second-order valence-electron chi connectivity index (χ2n) is 2.67. The normalized spacial score (nSPS) is 8.07. The number of rotatable bonds is 2. The summed E-state index contributed by atoms with van der Waals surface area (Å²) in [5.74, 6) is 0. The Balaban J connectivity index is 0.000000246. The Hall–Kier alpha value is -0.981. The van der Waals surface area contributed by atoms with Gasteiger partial charge in [-0.1, -0.05) is 5.69 Å². The Kier molecular flexibility index (Phi) is 8.01. The van der Waals surface area contributed by atoms with Crippen molar-refractivity contribution in [1.82, 2.24) is 0 Å². The van der Waals surface area contributed by atoms with Gasteiger partial charge in [0, 0.05) is 23.6 Å². The molecule has 0 aliphatic heterocycles. The van der Waals surface area contributed by atoms with E-state index in [0.29, 0.717) is 0 Å². The van der Waals surface area contributed by atoms with Crippen molar-refractivity contribution in [2.75, 3.05) is 11.9 Å². The maximum Gasteiger partial charge on any atom is 0.000440 e. The van der Waals surface area contributed by atoms with Crippen LogP contribution in [0, 0.1) is 0 Å².